The molecule has 0 amide bonds. The summed E-state index contributed by atoms with van der Waals surface area (Å²) in [5, 5.41) is 17.4. The van der Waals surface area contributed by atoms with Crippen molar-refractivity contribution in [2.24, 2.45) is 29.1 Å². The summed E-state index contributed by atoms with van der Waals surface area (Å²) >= 11 is 2.01. The standard InChI is InChI=1S/C10H15O.C8H7NO.C7H14OS.C7H14.K/c1-8-5-9-3-2-4-10(9,6-8)7-11;1-6-2-3-8(10)7(4-6)5-9;1-6-3-4-9-5-7(6)8-2;1-4-5-6-7(2)3;/h8-9H,2-6H2,1H3;2-4,10H,1H3;6-7H,3-5H2,1-2H3;5,7H,2,4,6H2,1,3H3;/q-1;;;-2;+1. The second-order valence-electron chi connectivity index (χ2n) is 11.2. The van der Waals surface area contributed by atoms with Crippen molar-refractivity contribution in [3.8, 4) is 11.8 Å². The molecule has 4 nitrogen and oxygen atoms in total. The zero-order valence-electron chi connectivity index (χ0n) is 25.1. The fraction of sp³-hybridized carbons (Fsp3) is 0.688. The summed E-state index contributed by atoms with van der Waals surface area (Å²) < 4.78 is 5.28. The second kappa shape index (κ2) is 20.9. The zero-order valence-corrected chi connectivity index (χ0v) is 29.0. The van der Waals surface area contributed by atoms with Gasteiger partial charge in [0.05, 0.1) is 11.7 Å². The van der Waals surface area contributed by atoms with Crippen molar-refractivity contribution in [2.45, 2.75) is 92.1 Å². The maximum atomic E-state index is 10.8. The second-order valence-corrected chi connectivity index (χ2v) is 12.3. The van der Waals surface area contributed by atoms with Crippen LogP contribution in [0.1, 0.15) is 90.2 Å². The molecule has 1 aromatic rings. The Hall–Kier alpha value is 0.126. The van der Waals surface area contributed by atoms with Crippen LogP contribution in [0.2, 0.25) is 0 Å². The molecule has 6 atom stereocenters. The molecule has 1 saturated heterocycles. The van der Waals surface area contributed by atoms with Gasteiger partial charge in [0, 0.05) is 12.9 Å². The average Bonchev–Trinajstić information content (AvgIpc) is 3.41. The van der Waals surface area contributed by atoms with E-state index in [0.29, 0.717) is 23.5 Å². The molecule has 1 aromatic carbocycles. The summed E-state index contributed by atoms with van der Waals surface area (Å²) in [6.07, 6.45) is 14.8. The molecule has 2 saturated carbocycles. The molecule has 0 aromatic heterocycles. The molecule has 3 fully saturated rings. The number of phenols is 1. The van der Waals surface area contributed by atoms with Gasteiger partial charge in [-0.15, -0.1) is 5.41 Å². The minimum absolute atomic E-state index is 0. The van der Waals surface area contributed by atoms with Gasteiger partial charge >= 0.3 is 51.4 Å². The third-order valence-corrected chi connectivity index (χ3v) is 8.72. The van der Waals surface area contributed by atoms with Gasteiger partial charge < -0.3 is 28.0 Å². The first-order valence-corrected chi connectivity index (χ1v) is 15.1. The van der Waals surface area contributed by atoms with Crippen molar-refractivity contribution >= 4 is 18.0 Å². The van der Waals surface area contributed by atoms with Gasteiger partial charge in [-0.25, -0.2) is 6.42 Å². The summed E-state index contributed by atoms with van der Waals surface area (Å²) in [6.45, 7) is 14.5. The Morgan fingerprint density at radius 1 is 1.37 bits per heavy atom. The Balaban J connectivity index is 0.000000483. The quantitative estimate of drug-likeness (QED) is 0.395. The van der Waals surface area contributed by atoms with Gasteiger partial charge in [0.2, 0.25) is 0 Å². The molecule has 4 rings (SSSR count). The SMILES string of the molecule is CC1CC2CCCC2([C-]=O)C1.COC1CSCCC1C.Cc1ccc(O)c(C#N)c1.[CH2-]C(C)C[CH-]CC.[K+]. The van der Waals surface area contributed by atoms with Gasteiger partial charge in [-0.05, 0) is 55.1 Å². The summed E-state index contributed by atoms with van der Waals surface area (Å²) in [4.78, 5) is 10.8. The molecule has 1 heterocycles. The number of benzene rings is 1. The van der Waals surface area contributed by atoms with E-state index < -0.39 is 0 Å². The Labute approximate surface area is 280 Å². The number of unbranched alkanes of at least 4 members (excludes halogenated alkanes) is 1. The number of thioether (sulfide) groups is 1. The van der Waals surface area contributed by atoms with Gasteiger partial charge in [0.1, 0.15) is 11.8 Å². The number of rotatable bonds is 5. The molecule has 6 unspecified atom stereocenters. The van der Waals surface area contributed by atoms with Gasteiger partial charge in [0.15, 0.2) is 0 Å². The maximum Gasteiger partial charge on any atom is 1.00 e. The topological polar surface area (TPSA) is 70.3 Å². The van der Waals surface area contributed by atoms with E-state index >= 15 is 0 Å². The van der Waals surface area contributed by atoms with Gasteiger partial charge in [0.25, 0.3) is 0 Å². The molecule has 3 aliphatic rings. The summed E-state index contributed by atoms with van der Waals surface area (Å²) in [6, 6.07) is 6.82. The van der Waals surface area contributed by atoms with Crippen molar-refractivity contribution in [1.29, 1.82) is 5.26 Å². The third-order valence-electron chi connectivity index (χ3n) is 7.63. The first kappa shape index (κ1) is 38.1. The molecule has 210 valence electrons. The molecule has 0 bridgehead atoms. The number of methoxy groups -OCH3 is 1. The van der Waals surface area contributed by atoms with Crippen LogP contribution < -0.4 is 51.4 Å². The van der Waals surface area contributed by atoms with E-state index in [1.54, 1.807) is 12.1 Å². The molecule has 38 heavy (non-hydrogen) atoms. The molecule has 6 heteroatoms. The largest absolute Gasteiger partial charge is 1.00 e. The van der Waals surface area contributed by atoms with Crippen LogP contribution in [0.4, 0.5) is 0 Å². The minimum Gasteiger partial charge on any atom is -0.541 e. The smallest absolute Gasteiger partial charge is 0.541 e. The Morgan fingerprint density at radius 3 is 2.53 bits per heavy atom. The summed E-state index contributed by atoms with van der Waals surface area (Å²) in [5.74, 6) is 5.39. The van der Waals surface area contributed by atoms with Crippen molar-refractivity contribution < 1.29 is 66.0 Å². The molecule has 1 N–H and O–H groups in total. The number of aromatic hydroxyl groups is 1. The predicted octanol–water partition coefficient (Wildman–Crippen LogP) is 5.12. The number of hydrogen-bond donors (Lipinski definition) is 1. The van der Waals surface area contributed by atoms with Crippen molar-refractivity contribution in [1.82, 2.24) is 0 Å². The van der Waals surface area contributed by atoms with E-state index in [4.69, 9.17) is 15.1 Å². The molecule has 1 aliphatic heterocycles. The predicted molar refractivity (Wildman–Crippen MR) is 157 cm³/mol. The van der Waals surface area contributed by atoms with Gasteiger partial charge in [-0.2, -0.15) is 29.4 Å². The number of fused-ring (bicyclic) bond motifs is 1. The van der Waals surface area contributed by atoms with Gasteiger partial charge in [-0.1, -0.05) is 65.4 Å². The van der Waals surface area contributed by atoms with E-state index in [9.17, 15) is 4.79 Å². The van der Waals surface area contributed by atoms with Crippen LogP contribution >= 0.6 is 11.8 Å². The minimum atomic E-state index is 0. The summed E-state index contributed by atoms with van der Waals surface area (Å²) in [7, 11) is 1.81. The van der Waals surface area contributed by atoms with Crippen LogP contribution in [-0.4, -0.2) is 36.1 Å². The molecule has 2 aliphatic carbocycles. The van der Waals surface area contributed by atoms with Crippen LogP contribution in [0.3, 0.4) is 0 Å². The Kier molecular flexibility index (Phi) is 21.0. The van der Waals surface area contributed by atoms with Crippen LogP contribution in [0.15, 0.2) is 18.2 Å². The van der Waals surface area contributed by atoms with Crippen molar-refractivity contribution in [2.75, 3.05) is 18.6 Å². The number of carbonyl (C=O) groups excluding carboxylic acids is 1. The van der Waals surface area contributed by atoms with E-state index in [-0.39, 0.29) is 62.5 Å². The van der Waals surface area contributed by atoms with E-state index in [0.717, 1.165) is 36.7 Å². The van der Waals surface area contributed by atoms with Crippen molar-refractivity contribution in [3.05, 3.63) is 42.7 Å². The Morgan fingerprint density at radius 2 is 2.08 bits per heavy atom. The molecular formula is C32H50KNO3S-2. The van der Waals surface area contributed by atoms with E-state index in [1.807, 2.05) is 31.9 Å². The Bertz CT molecular complexity index is 827. The fourth-order valence-corrected chi connectivity index (χ4v) is 6.84. The van der Waals surface area contributed by atoms with E-state index in [2.05, 4.69) is 47.3 Å². The maximum absolute atomic E-state index is 10.8. The normalized spacial score (nSPS) is 27.8. The molecule has 0 spiro atoms. The number of nitriles is 1. The number of phenolic OH excluding ortho intramolecular Hbond substituents is 1. The monoisotopic (exact) mass is 567 g/mol. The van der Waals surface area contributed by atoms with Crippen LogP contribution in [0.5, 0.6) is 5.75 Å². The van der Waals surface area contributed by atoms with Crippen LogP contribution in [-0.2, 0) is 9.53 Å². The number of hydrogen-bond acceptors (Lipinski definition) is 5. The van der Waals surface area contributed by atoms with Gasteiger partial charge in [-0.3, -0.25) is 6.29 Å². The zero-order chi connectivity index (χ0) is 27.8. The number of aryl methyl sites for hydroxylation is 1. The first-order chi connectivity index (χ1) is 17.6. The first-order valence-electron chi connectivity index (χ1n) is 14.0. The average molecular weight is 568 g/mol. The number of nitrogens with zero attached hydrogens (tertiary/aromatic N) is 1. The molecule has 0 radical (unpaired) electrons. The fourth-order valence-electron chi connectivity index (χ4n) is 5.43. The number of ether oxygens (including phenoxy) is 1. The van der Waals surface area contributed by atoms with Crippen LogP contribution in [0.25, 0.3) is 0 Å². The molecular weight excluding hydrogens is 518 g/mol. The van der Waals surface area contributed by atoms with Crippen molar-refractivity contribution in [3.63, 3.8) is 0 Å². The summed E-state index contributed by atoms with van der Waals surface area (Å²) in [5.41, 5.74) is 1.33. The van der Waals surface area contributed by atoms with Crippen LogP contribution in [0, 0.1) is 60.7 Å². The third kappa shape index (κ3) is 13.7. The van der Waals surface area contributed by atoms with E-state index in [1.165, 1.54) is 49.7 Å².